The van der Waals surface area contributed by atoms with Crippen molar-refractivity contribution in [3.63, 3.8) is 0 Å². The van der Waals surface area contributed by atoms with Crippen molar-refractivity contribution < 1.29 is 39.8 Å². The maximum atomic E-state index is 13.0. The van der Waals surface area contributed by atoms with Crippen LogP contribution in [0.1, 0.15) is 200 Å². The summed E-state index contributed by atoms with van der Waals surface area (Å²) in [6.07, 6.45) is 58.9. The Hall–Kier alpha value is -2.89. The zero-order valence-electron chi connectivity index (χ0n) is 41.7. The second kappa shape index (κ2) is 45.9. The van der Waals surface area contributed by atoms with Gasteiger partial charge in [-0.1, -0.05) is 201 Å². The van der Waals surface area contributed by atoms with Crippen LogP contribution in [-0.4, -0.2) is 87.5 Å². The molecule has 66 heavy (non-hydrogen) atoms. The number of aliphatic hydroxyl groups is 5. The molecule has 0 aromatic heterocycles. The van der Waals surface area contributed by atoms with Crippen LogP contribution in [0.25, 0.3) is 0 Å². The summed E-state index contributed by atoms with van der Waals surface area (Å²) < 4.78 is 11.2. The molecule has 9 heteroatoms. The van der Waals surface area contributed by atoms with Gasteiger partial charge >= 0.3 is 0 Å². The minimum atomic E-state index is -1.59. The van der Waals surface area contributed by atoms with Gasteiger partial charge in [0, 0.05) is 6.42 Å². The van der Waals surface area contributed by atoms with Crippen LogP contribution in [-0.2, 0) is 14.3 Å². The molecule has 1 fully saturated rings. The van der Waals surface area contributed by atoms with Crippen molar-refractivity contribution in [1.29, 1.82) is 0 Å². The summed E-state index contributed by atoms with van der Waals surface area (Å²) in [4.78, 5) is 13.0. The van der Waals surface area contributed by atoms with Crippen molar-refractivity contribution >= 4 is 5.91 Å². The van der Waals surface area contributed by atoms with E-state index >= 15 is 0 Å². The molecule has 378 valence electrons. The van der Waals surface area contributed by atoms with Gasteiger partial charge < -0.3 is 40.3 Å². The highest BCUT2D eigenvalue weighted by molar-refractivity contribution is 5.76. The molecule has 1 heterocycles. The molecule has 6 N–H and O–H groups in total. The highest BCUT2D eigenvalue weighted by Gasteiger charge is 2.44. The molecule has 1 amide bonds. The number of hydrogen-bond donors (Lipinski definition) is 6. The molecule has 0 aliphatic carbocycles. The van der Waals surface area contributed by atoms with Gasteiger partial charge in [0.25, 0.3) is 0 Å². The molecule has 0 aromatic rings. The lowest BCUT2D eigenvalue weighted by Gasteiger charge is -2.40. The number of nitrogens with one attached hydrogen (secondary N) is 1. The van der Waals surface area contributed by atoms with Gasteiger partial charge in [-0.2, -0.15) is 0 Å². The van der Waals surface area contributed by atoms with Crippen LogP contribution in [0, 0.1) is 0 Å². The average molecular weight is 924 g/mol. The standard InChI is InChI=1S/C57H97NO8/c1-3-5-7-9-11-13-15-17-19-21-23-24-25-26-27-29-30-32-34-36-38-40-42-44-46-51(60)50(49-65-57-56(64)55(63)54(62)52(48-59)66-57)58-53(61)47-45-43-41-39-37-35-33-31-28-22-20-18-16-14-12-10-8-6-4-2/h6,8,12,14,18,20,28-31,35-38,44,46,50-52,54-57,59-60,62-64H,3-5,7,9-11,13,15-17,19,21-27,32-34,39-43,45,47-49H2,1-2H3,(H,58,61)/b8-6-,14-12-,20-18-,30-29+,31-28-,37-35-,38-36+,46-44+. The summed E-state index contributed by atoms with van der Waals surface area (Å²) in [5.74, 6) is -0.226. The van der Waals surface area contributed by atoms with Crippen molar-refractivity contribution in [2.24, 2.45) is 0 Å². The summed E-state index contributed by atoms with van der Waals surface area (Å²) in [6, 6.07) is -0.853. The van der Waals surface area contributed by atoms with Crippen molar-refractivity contribution in [1.82, 2.24) is 5.32 Å². The molecule has 0 radical (unpaired) electrons. The molecular formula is C57H97NO8. The Bertz CT molecular complexity index is 1350. The van der Waals surface area contributed by atoms with E-state index in [1.807, 2.05) is 6.08 Å². The number of ether oxygens (including phenoxy) is 2. The summed E-state index contributed by atoms with van der Waals surface area (Å²) in [6.45, 7) is 3.62. The largest absolute Gasteiger partial charge is 0.394 e. The molecule has 0 saturated carbocycles. The number of carbonyl (C=O) groups excluding carboxylic acids is 1. The van der Waals surface area contributed by atoms with Crippen LogP contribution in [0.3, 0.4) is 0 Å². The number of hydrogen-bond acceptors (Lipinski definition) is 8. The zero-order valence-corrected chi connectivity index (χ0v) is 41.7. The number of allylic oxidation sites excluding steroid dienone is 15. The number of carbonyl (C=O) groups is 1. The Balaban J connectivity index is 2.36. The summed E-state index contributed by atoms with van der Waals surface area (Å²) >= 11 is 0. The zero-order chi connectivity index (χ0) is 48.0. The Kier molecular flexibility index (Phi) is 42.5. The minimum Gasteiger partial charge on any atom is -0.394 e. The van der Waals surface area contributed by atoms with Crippen molar-refractivity contribution in [2.45, 2.75) is 243 Å². The first kappa shape index (κ1) is 61.1. The highest BCUT2D eigenvalue weighted by atomic mass is 16.7. The molecule has 0 spiro atoms. The van der Waals surface area contributed by atoms with E-state index in [0.717, 1.165) is 77.0 Å². The lowest BCUT2D eigenvalue weighted by Crippen LogP contribution is -2.60. The Morgan fingerprint density at radius 2 is 0.955 bits per heavy atom. The van der Waals surface area contributed by atoms with E-state index in [9.17, 15) is 30.3 Å². The van der Waals surface area contributed by atoms with Gasteiger partial charge in [0.1, 0.15) is 24.4 Å². The van der Waals surface area contributed by atoms with Crippen LogP contribution in [0.5, 0.6) is 0 Å². The molecule has 7 unspecified atom stereocenters. The van der Waals surface area contributed by atoms with Gasteiger partial charge in [-0.3, -0.25) is 4.79 Å². The van der Waals surface area contributed by atoms with E-state index in [1.165, 1.54) is 89.9 Å². The van der Waals surface area contributed by atoms with E-state index < -0.39 is 49.5 Å². The van der Waals surface area contributed by atoms with Gasteiger partial charge in [0.2, 0.25) is 5.91 Å². The molecule has 7 atom stereocenters. The van der Waals surface area contributed by atoms with Gasteiger partial charge in [-0.05, 0) is 89.9 Å². The molecule has 1 aliphatic rings. The Morgan fingerprint density at radius 1 is 0.530 bits per heavy atom. The van der Waals surface area contributed by atoms with E-state index in [0.29, 0.717) is 12.8 Å². The van der Waals surface area contributed by atoms with Gasteiger partial charge in [-0.15, -0.1) is 0 Å². The molecule has 0 bridgehead atoms. The van der Waals surface area contributed by atoms with Gasteiger partial charge in [-0.25, -0.2) is 0 Å². The van der Waals surface area contributed by atoms with E-state index in [4.69, 9.17) is 9.47 Å². The first-order chi connectivity index (χ1) is 32.3. The number of aliphatic hydroxyl groups excluding tert-OH is 5. The quantitative estimate of drug-likeness (QED) is 0.0262. The van der Waals surface area contributed by atoms with Crippen LogP contribution in [0.4, 0.5) is 0 Å². The number of rotatable bonds is 43. The highest BCUT2D eigenvalue weighted by Crippen LogP contribution is 2.22. The van der Waals surface area contributed by atoms with Gasteiger partial charge in [0.05, 0.1) is 25.4 Å². The van der Waals surface area contributed by atoms with E-state index in [2.05, 4.69) is 104 Å². The fourth-order valence-electron chi connectivity index (χ4n) is 7.68. The molecule has 0 aromatic carbocycles. The topological polar surface area (TPSA) is 149 Å². The predicted octanol–water partition coefficient (Wildman–Crippen LogP) is 12.5. The molecule has 9 nitrogen and oxygen atoms in total. The molecular weight excluding hydrogens is 827 g/mol. The Morgan fingerprint density at radius 3 is 1.45 bits per heavy atom. The summed E-state index contributed by atoms with van der Waals surface area (Å²) in [5.41, 5.74) is 0. The van der Waals surface area contributed by atoms with E-state index in [-0.39, 0.29) is 18.9 Å². The number of amides is 1. The Labute approximate surface area is 403 Å². The van der Waals surface area contributed by atoms with Crippen molar-refractivity contribution in [3.05, 3.63) is 97.2 Å². The minimum absolute atomic E-state index is 0.225. The first-order valence-corrected chi connectivity index (χ1v) is 26.5. The van der Waals surface area contributed by atoms with Crippen LogP contribution in [0.15, 0.2) is 97.2 Å². The predicted molar refractivity (Wildman–Crippen MR) is 276 cm³/mol. The smallest absolute Gasteiger partial charge is 0.220 e. The molecule has 1 saturated heterocycles. The SMILES string of the molecule is CC/C=C\C/C=C\C/C=C\C/C=C\C/C=C\CCCCCC(=O)NC(COC1OC(CO)C(O)C(O)C1O)C(O)/C=C/CC/C=C/CC/C=C/CCCCCCCCCCCCCCCC. The second-order valence-corrected chi connectivity index (χ2v) is 17.9. The number of unbranched alkanes of at least 4 members (excludes halogenated alkanes) is 19. The normalized spacial score (nSPS) is 20.6. The lowest BCUT2D eigenvalue weighted by atomic mass is 9.99. The van der Waals surface area contributed by atoms with Crippen molar-refractivity contribution in [3.8, 4) is 0 Å². The van der Waals surface area contributed by atoms with Crippen molar-refractivity contribution in [2.75, 3.05) is 13.2 Å². The average Bonchev–Trinajstić information content (AvgIpc) is 3.32. The summed E-state index contributed by atoms with van der Waals surface area (Å²) in [5, 5.41) is 54.3. The molecule has 1 aliphatic heterocycles. The maximum Gasteiger partial charge on any atom is 0.220 e. The summed E-state index contributed by atoms with van der Waals surface area (Å²) in [7, 11) is 0. The fraction of sp³-hybridized carbons (Fsp3) is 0.702. The first-order valence-electron chi connectivity index (χ1n) is 26.5. The van der Waals surface area contributed by atoms with Gasteiger partial charge in [0.15, 0.2) is 6.29 Å². The van der Waals surface area contributed by atoms with Crippen LogP contribution in [0.2, 0.25) is 0 Å². The third-order valence-electron chi connectivity index (χ3n) is 11.9. The third kappa shape index (κ3) is 35.3. The maximum absolute atomic E-state index is 13.0. The lowest BCUT2D eigenvalue weighted by molar-refractivity contribution is -0.302. The van der Waals surface area contributed by atoms with E-state index in [1.54, 1.807) is 6.08 Å². The van der Waals surface area contributed by atoms with Crippen LogP contribution < -0.4 is 5.32 Å². The van der Waals surface area contributed by atoms with Crippen LogP contribution >= 0.6 is 0 Å². The fourth-order valence-corrected chi connectivity index (χ4v) is 7.68. The monoisotopic (exact) mass is 924 g/mol. The second-order valence-electron chi connectivity index (χ2n) is 17.9. The third-order valence-corrected chi connectivity index (χ3v) is 11.9. The molecule has 1 rings (SSSR count).